The van der Waals surface area contributed by atoms with Gasteiger partial charge in [0.05, 0.1) is 17.7 Å². The predicted molar refractivity (Wildman–Crippen MR) is 132 cm³/mol. The first-order valence-electron chi connectivity index (χ1n) is 10.8. The molecule has 2 N–H and O–H groups in total. The van der Waals surface area contributed by atoms with Gasteiger partial charge in [0.1, 0.15) is 0 Å². The summed E-state index contributed by atoms with van der Waals surface area (Å²) in [6, 6.07) is 26.7. The molecular formula is C26H23N3O5S. The molecule has 1 heterocycles. The maximum absolute atomic E-state index is 13.3. The van der Waals surface area contributed by atoms with Crippen molar-refractivity contribution in [3.8, 4) is 0 Å². The number of anilines is 2. The van der Waals surface area contributed by atoms with Crippen molar-refractivity contribution in [3.05, 3.63) is 115 Å². The van der Waals surface area contributed by atoms with Crippen LogP contribution >= 0.6 is 0 Å². The Morgan fingerprint density at radius 2 is 1.43 bits per heavy atom. The normalized spacial score (nSPS) is 11.2. The van der Waals surface area contributed by atoms with Gasteiger partial charge in [-0.2, -0.15) is 4.31 Å². The number of nitrogens with zero attached hydrogens (tertiary/aromatic N) is 1. The summed E-state index contributed by atoms with van der Waals surface area (Å²) >= 11 is 0. The summed E-state index contributed by atoms with van der Waals surface area (Å²) in [5, 5.41) is 5.40. The Kier molecular flexibility index (Phi) is 7.39. The van der Waals surface area contributed by atoms with Gasteiger partial charge in [0.15, 0.2) is 5.76 Å². The molecule has 1 aromatic heterocycles. The average Bonchev–Trinajstić information content (AvgIpc) is 3.40. The van der Waals surface area contributed by atoms with Crippen molar-refractivity contribution >= 4 is 33.2 Å². The zero-order chi connectivity index (χ0) is 24.7. The maximum atomic E-state index is 13.3. The highest BCUT2D eigenvalue weighted by molar-refractivity contribution is 7.89. The molecule has 4 aromatic rings. The van der Waals surface area contributed by atoms with Crippen LogP contribution in [0.2, 0.25) is 0 Å². The van der Waals surface area contributed by atoms with E-state index in [1.165, 1.54) is 24.5 Å². The summed E-state index contributed by atoms with van der Waals surface area (Å²) in [6.45, 7) is -0.361. The number of amides is 2. The van der Waals surface area contributed by atoms with Gasteiger partial charge in [-0.15, -0.1) is 0 Å². The largest absolute Gasteiger partial charge is 0.459 e. The third-order valence-corrected chi connectivity index (χ3v) is 6.86. The van der Waals surface area contributed by atoms with Crippen molar-refractivity contribution in [2.45, 2.75) is 11.4 Å². The van der Waals surface area contributed by atoms with E-state index >= 15 is 0 Å². The van der Waals surface area contributed by atoms with Crippen LogP contribution in [0.25, 0.3) is 0 Å². The van der Waals surface area contributed by atoms with Crippen molar-refractivity contribution < 1.29 is 22.4 Å². The predicted octanol–water partition coefficient (Wildman–Crippen LogP) is 4.36. The molecule has 8 nitrogen and oxygen atoms in total. The molecule has 0 unspecified atom stereocenters. The first kappa shape index (κ1) is 23.9. The summed E-state index contributed by atoms with van der Waals surface area (Å²) in [5.74, 6) is -0.793. The lowest BCUT2D eigenvalue weighted by atomic mass is 10.2. The van der Waals surface area contributed by atoms with Crippen molar-refractivity contribution in [1.29, 1.82) is 0 Å². The van der Waals surface area contributed by atoms with Crippen LogP contribution in [0.4, 0.5) is 11.4 Å². The number of nitrogens with one attached hydrogen (secondary N) is 2. The molecular weight excluding hydrogens is 466 g/mol. The lowest BCUT2D eigenvalue weighted by Crippen LogP contribution is -2.37. The lowest BCUT2D eigenvalue weighted by Gasteiger charge is -2.22. The number of furan rings is 1. The number of benzene rings is 3. The molecule has 0 bridgehead atoms. The van der Waals surface area contributed by atoms with Crippen LogP contribution in [0.5, 0.6) is 0 Å². The van der Waals surface area contributed by atoms with E-state index in [-0.39, 0.29) is 17.2 Å². The molecule has 178 valence electrons. The third kappa shape index (κ3) is 6.23. The van der Waals surface area contributed by atoms with E-state index in [9.17, 15) is 18.0 Å². The van der Waals surface area contributed by atoms with E-state index in [4.69, 9.17) is 4.42 Å². The summed E-state index contributed by atoms with van der Waals surface area (Å²) in [7, 11) is -3.93. The molecule has 2 amide bonds. The van der Waals surface area contributed by atoms with Gasteiger partial charge < -0.3 is 15.1 Å². The molecule has 0 spiro atoms. The van der Waals surface area contributed by atoms with E-state index in [2.05, 4.69) is 10.6 Å². The fourth-order valence-corrected chi connectivity index (χ4v) is 4.80. The molecule has 35 heavy (non-hydrogen) atoms. The summed E-state index contributed by atoms with van der Waals surface area (Å²) in [5.41, 5.74) is 1.61. The Balaban J connectivity index is 1.49. The molecule has 3 aromatic carbocycles. The lowest BCUT2D eigenvalue weighted by molar-refractivity contribution is -0.116. The monoisotopic (exact) mass is 489 g/mol. The van der Waals surface area contributed by atoms with E-state index in [0.717, 1.165) is 9.87 Å². The van der Waals surface area contributed by atoms with Gasteiger partial charge in [0.25, 0.3) is 5.91 Å². The second-order valence-corrected chi connectivity index (χ2v) is 9.57. The minimum absolute atomic E-state index is 0.0325. The van der Waals surface area contributed by atoms with Gasteiger partial charge in [-0.1, -0.05) is 54.6 Å². The standard InChI is InChI=1S/C26H23N3O5S/c30-25(27-21-11-7-12-22(17-21)28-26(31)24-15-8-16-34-24)19-29(18-20-9-3-1-4-10-20)35(32,33)23-13-5-2-6-14-23/h1-17H,18-19H2,(H,27,30)(H,28,31). The number of carbonyl (C=O) groups is 2. The van der Waals surface area contributed by atoms with E-state index in [1.807, 2.05) is 18.2 Å². The maximum Gasteiger partial charge on any atom is 0.291 e. The SMILES string of the molecule is O=C(CN(Cc1ccccc1)S(=O)(=O)c1ccccc1)Nc1cccc(NC(=O)c2ccco2)c1. The molecule has 0 aliphatic rings. The second-order valence-electron chi connectivity index (χ2n) is 7.63. The van der Waals surface area contributed by atoms with E-state index in [0.29, 0.717) is 11.4 Å². The van der Waals surface area contributed by atoms with Crippen molar-refractivity contribution in [2.24, 2.45) is 0 Å². The summed E-state index contributed by atoms with van der Waals surface area (Å²) < 4.78 is 32.8. The van der Waals surface area contributed by atoms with Gasteiger partial charge in [0.2, 0.25) is 15.9 Å². The quantitative estimate of drug-likeness (QED) is 0.363. The Morgan fingerprint density at radius 1 is 0.771 bits per heavy atom. The minimum Gasteiger partial charge on any atom is -0.459 e. The number of sulfonamides is 1. The minimum atomic E-state index is -3.93. The van der Waals surface area contributed by atoms with Gasteiger partial charge in [-0.3, -0.25) is 9.59 Å². The van der Waals surface area contributed by atoms with Crippen molar-refractivity contribution in [3.63, 3.8) is 0 Å². The molecule has 0 fully saturated rings. The van der Waals surface area contributed by atoms with Crippen molar-refractivity contribution in [2.75, 3.05) is 17.2 Å². The number of hydrogen-bond acceptors (Lipinski definition) is 5. The van der Waals surface area contributed by atoms with Crippen LogP contribution in [-0.2, 0) is 21.4 Å². The van der Waals surface area contributed by atoms with Crippen LogP contribution in [0.15, 0.2) is 113 Å². The van der Waals surface area contributed by atoms with Gasteiger partial charge in [-0.05, 0) is 48.0 Å². The van der Waals surface area contributed by atoms with Gasteiger partial charge in [-0.25, -0.2) is 8.42 Å². The summed E-state index contributed by atoms with van der Waals surface area (Å²) in [6.07, 6.45) is 1.40. The van der Waals surface area contributed by atoms with Crippen LogP contribution in [0, 0.1) is 0 Å². The summed E-state index contributed by atoms with van der Waals surface area (Å²) in [4.78, 5) is 25.2. The highest BCUT2D eigenvalue weighted by Gasteiger charge is 2.27. The molecule has 0 atom stereocenters. The molecule has 0 aliphatic carbocycles. The van der Waals surface area contributed by atoms with Crippen LogP contribution < -0.4 is 10.6 Å². The number of carbonyl (C=O) groups excluding carboxylic acids is 2. The fourth-order valence-electron chi connectivity index (χ4n) is 3.39. The van der Waals surface area contributed by atoms with Crippen LogP contribution in [-0.4, -0.2) is 31.1 Å². The molecule has 0 radical (unpaired) electrons. The molecule has 0 saturated carbocycles. The average molecular weight is 490 g/mol. The van der Waals surface area contributed by atoms with Gasteiger partial charge >= 0.3 is 0 Å². The zero-order valence-corrected chi connectivity index (χ0v) is 19.4. The van der Waals surface area contributed by atoms with E-state index < -0.39 is 28.4 Å². The Hall–Kier alpha value is -4.21. The zero-order valence-electron chi connectivity index (χ0n) is 18.6. The first-order valence-corrected chi connectivity index (χ1v) is 12.2. The highest BCUT2D eigenvalue weighted by Crippen LogP contribution is 2.20. The Bertz CT molecular complexity index is 1390. The Labute approximate surface area is 203 Å². The fraction of sp³-hybridized carbons (Fsp3) is 0.0769. The molecule has 4 rings (SSSR count). The number of rotatable bonds is 9. The molecule has 0 saturated heterocycles. The third-order valence-electron chi connectivity index (χ3n) is 5.05. The highest BCUT2D eigenvalue weighted by atomic mass is 32.2. The van der Waals surface area contributed by atoms with E-state index in [1.54, 1.807) is 60.7 Å². The van der Waals surface area contributed by atoms with Gasteiger partial charge in [0, 0.05) is 17.9 Å². The smallest absolute Gasteiger partial charge is 0.291 e. The first-order chi connectivity index (χ1) is 16.9. The molecule has 0 aliphatic heterocycles. The topological polar surface area (TPSA) is 109 Å². The van der Waals surface area contributed by atoms with Crippen molar-refractivity contribution in [1.82, 2.24) is 4.31 Å². The Morgan fingerprint density at radius 3 is 2.09 bits per heavy atom. The second kappa shape index (κ2) is 10.8. The number of hydrogen-bond donors (Lipinski definition) is 2. The van der Waals surface area contributed by atoms with Crippen LogP contribution in [0.1, 0.15) is 16.1 Å². The molecule has 9 heteroatoms. The van der Waals surface area contributed by atoms with Crippen LogP contribution in [0.3, 0.4) is 0 Å².